The Bertz CT molecular complexity index is 1000. The van der Waals surface area contributed by atoms with Crippen molar-refractivity contribution in [2.45, 2.75) is 9.79 Å². The van der Waals surface area contributed by atoms with Gasteiger partial charge >= 0.3 is 59.1 Å². The third-order valence-corrected chi connectivity index (χ3v) is 5.73. The molecular weight excluding hydrogens is 477 g/mol. The zero-order valence-electron chi connectivity index (χ0n) is 15.1. The Morgan fingerprint density at radius 3 is 1.21 bits per heavy atom. The molecule has 28 heavy (non-hydrogen) atoms. The second kappa shape index (κ2) is 10.7. The van der Waals surface area contributed by atoms with E-state index in [1.807, 2.05) is 0 Å². The van der Waals surface area contributed by atoms with E-state index in [0.717, 1.165) is 26.4 Å². The summed E-state index contributed by atoms with van der Waals surface area (Å²) in [7, 11) is -8.18. The Hall–Kier alpha value is 0.440. The van der Waals surface area contributed by atoms with Gasteiger partial charge in [-0.1, -0.05) is 35.3 Å². The summed E-state index contributed by atoms with van der Waals surface area (Å²) in [5.74, 6) is -0.968. The van der Waals surface area contributed by atoms with Crippen LogP contribution in [0.3, 0.4) is 0 Å². The molecule has 0 N–H and O–H groups in total. The third kappa shape index (κ3) is 5.77. The predicted molar refractivity (Wildman–Crippen MR) is 90.9 cm³/mol. The standard InChI is InChI=1S/C14H12Cl2O8S2.2Na/c1-23-11-9(15)5-3-7(13(11)25(17,18)19)8-4-6-10(16)12(24-2)14(8)26(20,21)22;;/h3-6H,1-2H3,(H,17,18,19)(H,20,21,22);;/q;2*+1/p-2. The van der Waals surface area contributed by atoms with Crippen LogP contribution in [0.5, 0.6) is 11.5 Å². The molecule has 0 amide bonds. The Kier molecular flexibility index (Phi) is 10.8. The fourth-order valence-corrected chi connectivity index (χ4v) is 4.69. The maximum Gasteiger partial charge on any atom is 1.00 e. The van der Waals surface area contributed by atoms with E-state index in [1.54, 1.807) is 0 Å². The van der Waals surface area contributed by atoms with Gasteiger partial charge in [-0.2, -0.15) is 0 Å². The molecule has 0 bridgehead atoms. The normalized spacial score (nSPS) is 11.2. The van der Waals surface area contributed by atoms with E-state index in [1.165, 1.54) is 12.1 Å². The van der Waals surface area contributed by atoms with E-state index in [9.17, 15) is 25.9 Å². The molecule has 0 aliphatic heterocycles. The molecule has 0 heterocycles. The second-order valence-corrected chi connectivity index (χ2v) is 8.27. The quantitative estimate of drug-likeness (QED) is 0.314. The van der Waals surface area contributed by atoms with Gasteiger partial charge in [-0.05, 0) is 12.1 Å². The molecule has 0 unspecified atom stereocenters. The van der Waals surface area contributed by atoms with Gasteiger partial charge in [0.1, 0.15) is 30.0 Å². The molecule has 14 heteroatoms. The fraction of sp³-hybridized carbons (Fsp3) is 0.143. The summed E-state index contributed by atoms with van der Waals surface area (Å²) in [4.78, 5) is -1.83. The number of hydrogen-bond donors (Lipinski definition) is 0. The average Bonchev–Trinajstić information content (AvgIpc) is 2.52. The van der Waals surface area contributed by atoms with Crippen molar-refractivity contribution in [1.82, 2.24) is 0 Å². The molecule has 142 valence electrons. The number of methoxy groups -OCH3 is 2. The van der Waals surface area contributed by atoms with Crippen molar-refractivity contribution in [3.05, 3.63) is 34.3 Å². The van der Waals surface area contributed by atoms with E-state index in [0.29, 0.717) is 0 Å². The van der Waals surface area contributed by atoms with Crippen LogP contribution < -0.4 is 68.6 Å². The molecule has 0 saturated carbocycles. The van der Waals surface area contributed by atoms with Gasteiger partial charge in [0, 0.05) is 11.1 Å². The summed E-state index contributed by atoms with van der Waals surface area (Å²) < 4.78 is 80.3. The molecule has 0 aliphatic carbocycles. The van der Waals surface area contributed by atoms with Gasteiger partial charge in [0.25, 0.3) is 0 Å². The molecule has 0 fully saturated rings. The van der Waals surface area contributed by atoms with Crippen molar-refractivity contribution in [2.75, 3.05) is 14.2 Å². The van der Waals surface area contributed by atoms with Gasteiger partial charge in [-0.15, -0.1) is 0 Å². The Balaban J connectivity index is 0.00000364. The fourth-order valence-electron chi connectivity index (χ4n) is 2.38. The minimum absolute atomic E-state index is 0. The van der Waals surface area contributed by atoms with Crippen molar-refractivity contribution >= 4 is 43.4 Å². The molecule has 2 rings (SSSR count). The summed E-state index contributed by atoms with van der Waals surface area (Å²) in [5.41, 5.74) is -0.795. The topological polar surface area (TPSA) is 133 Å². The predicted octanol–water partition coefficient (Wildman–Crippen LogP) is -3.51. The third-order valence-electron chi connectivity index (χ3n) is 3.33. The van der Waals surface area contributed by atoms with Crippen molar-refractivity contribution in [3.63, 3.8) is 0 Å². The van der Waals surface area contributed by atoms with Gasteiger partial charge < -0.3 is 18.6 Å². The molecule has 0 saturated heterocycles. The first-order valence-electron chi connectivity index (χ1n) is 6.58. The molecule has 0 spiro atoms. The molecular formula is C14H10Cl2Na2O8S2. The van der Waals surface area contributed by atoms with Gasteiger partial charge in [0.05, 0.1) is 24.3 Å². The van der Waals surface area contributed by atoms with Crippen LogP contribution in [-0.4, -0.2) is 40.2 Å². The van der Waals surface area contributed by atoms with Crippen molar-refractivity contribution in [2.24, 2.45) is 0 Å². The van der Waals surface area contributed by atoms with E-state index >= 15 is 0 Å². The van der Waals surface area contributed by atoms with Gasteiger partial charge in [-0.25, -0.2) is 16.8 Å². The van der Waals surface area contributed by atoms with E-state index in [4.69, 9.17) is 32.7 Å². The minimum atomic E-state index is -5.17. The zero-order chi connectivity index (χ0) is 19.9. The van der Waals surface area contributed by atoms with Crippen LogP contribution in [-0.2, 0) is 20.2 Å². The summed E-state index contributed by atoms with van der Waals surface area (Å²) in [6.45, 7) is 0. The molecule has 0 aromatic heterocycles. The van der Waals surface area contributed by atoms with Crippen LogP contribution in [0, 0.1) is 0 Å². The first-order chi connectivity index (χ1) is 11.9. The van der Waals surface area contributed by atoms with Crippen LogP contribution >= 0.6 is 23.2 Å². The van der Waals surface area contributed by atoms with E-state index in [2.05, 4.69) is 0 Å². The van der Waals surface area contributed by atoms with Gasteiger partial charge in [0.2, 0.25) is 0 Å². The van der Waals surface area contributed by atoms with E-state index < -0.39 is 52.7 Å². The summed E-state index contributed by atoms with van der Waals surface area (Å²) in [5, 5.41) is -0.392. The van der Waals surface area contributed by atoms with Gasteiger partial charge in [0.15, 0.2) is 11.5 Å². The summed E-state index contributed by atoms with van der Waals surface area (Å²) in [6.07, 6.45) is 0. The number of halogens is 2. The number of benzene rings is 2. The Morgan fingerprint density at radius 2 is 1.00 bits per heavy atom. The van der Waals surface area contributed by atoms with Crippen LogP contribution in [0.2, 0.25) is 10.0 Å². The Labute approximate surface area is 216 Å². The Morgan fingerprint density at radius 1 is 0.714 bits per heavy atom. The first-order valence-corrected chi connectivity index (χ1v) is 10.2. The van der Waals surface area contributed by atoms with Crippen LogP contribution in [0.15, 0.2) is 34.1 Å². The smallest absolute Gasteiger partial charge is 0.744 e. The molecule has 8 nitrogen and oxygen atoms in total. The van der Waals surface area contributed by atoms with Crippen LogP contribution in [0.4, 0.5) is 0 Å². The first kappa shape index (κ1) is 28.4. The minimum Gasteiger partial charge on any atom is -0.744 e. The van der Waals surface area contributed by atoms with Crippen molar-refractivity contribution in [3.8, 4) is 22.6 Å². The van der Waals surface area contributed by atoms with Crippen molar-refractivity contribution in [1.29, 1.82) is 0 Å². The largest absolute Gasteiger partial charge is 1.00 e. The number of ether oxygens (including phenoxy) is 2. The summed E-state index contributed by atoms with van der Waals surface area (Å²) >= 11 is 11.7. The molecule has 0 aliphatic rings. The van der Waals surface area contributed by atoms with Crippen LogP contribution in [0.1, 0.15) is 0 Å². The molecule has 2 aromatic carbocycles. The average molecular weight is 487 g/mol. The molecule has 0 radical (unpaired) electrons. The second-order valence-electron chi connectivity index (χ2n) is 4.82. The zero-order valence-corrected chi connectivity index (χ0v) is 22.3. The van der Waals surface area contributed by atoms with Crippen molar-refractivity contribution < 1.29 is 94.5 Å². The monoisotopic (exact) mass is 486 g/mol. The summed E-state index contributed by atoms with van der Waals surface area (Å²) in [6, 6.07) is 4.53. The maximum atomic E-state index is 11.8. The van der Waals surface area contributed by atoms with E-state index in [-0.39, 0.29) is 69.2 Å². The maximum absolute atomic E-state index is 11.8. The SMILES string of the molecule is COc1c(Cl)ccc(-c2ccc(Cl)c(OC)c2S(=O)(=O)[O-])c1S(=O)(=O)[O-].[Na+].[Na+]. The molecule has 0 atom stereocenters. The number of rotatable bonds is 5. The van der Waals surface area contributed by atoms with Crippen LogP contribution in [0.25, 0.3) is 11.1 Å². The number of hydrogen-bond acceptors (Lipinski definition) is 8. The van der Waals surface area contributed by atoms with Gasteiger partial charge in [-0.3, -0.25) is 0 Å². The molecule has 2 aromatic rings.